The van der Waals surface area contributed by atoms with Gasteiger partial charge in [-0.3, -0.25) is 19.2 Å². The number of rotatable bonds is 6. The molecule has 210 valence electrons. The first-order valence-corrected chi connectivity index (χ1v) is 13.3. The van der Waals surface area contributed by atoms with E-state index in [9.17, 15) is 37.6 Å². The normalized spacial score (nSPS) is 27.1. The topological polar surface area (TPSA) is 131 Å². The average molecular weight is 540 g/mol. The van der Waals surface area contributed by atoms with Gasteiger partial charge in [-0.2, -0.15) is 18.4 Å². The number of nitrogens with one attached hydrogen (secondary N) is 3. The summed E-state index contributed by atoms with van der Waals surface area (Å²) in [7, 11) is 0. The van der Waals surface area contributed by atoms with Crippen molar-refractivity contribution in [3.8, 4) is 6.07 Å². The number of hydrogen-bond donors (Lipinski definition) is 3. The van der Waals surface area contributed by atoms with Crippen LogP contribution < -0.4 is 16.0 Å². The van der Waals surface area contributed by atoms with Crippen LogP contribution in [0.25, 0.3) is 0 Å². The molecule has 2 aliphatic heterocycles. The van der Waals surface area contributed by atoms with Crippen molar-refractivity contribution in [3.63, 3.8) is 0 Å². The second kappa shape index (κ2) is 9.72. The summed E-state index contributed by atoms with van der Waals surface area (Å²) in [5, 5.41) is 17.2. The van der Waals surface area contributed by atoms with Gasteiger partial charge < -0.3 is 20.9 Å². The lowest BCUT2D eigenvalue weighted by atomic mass is 9.83. The van der Waals surface area contributed by atoms with E-state index in [1.54, 1.807) is 20.8 Å². The largest absolute Gasteiger partial charge is 0.471 e. The van der Waals surface area contributed by atoms with E-state index in [-0.39, 0.29) is 29.8 Å². The summed E-state index contributed by atoms with van der Waals surface area (Å²) in [5.41, 5.74) is -1.56. The second-order valence-corrected chi connectivity index (χ2v) is 12.8. The Balaban J connectivity index is 1.52. The number of nitrogens with zero attached hydrogens (tertiary/aromatic N) is 2. The fraction of sp³-hybridized carbons (Fsp3) is 0.808. The van der Waals surface area contributed by atoms with E-state index in [4.69, 9.17) is 0 Å². The predicted octanol–water partition coefficient (Wildman–Crippen LogP) is 2.31. The van der Waals surface area contributed by atoms with Gasteiger partial charge in [0.25, 0.3) is 0 Å². The minimum Gasteiger partial charge on any atom is -0.350 e. The van der Waals surface area contributed by atoms with E-state index in [1.165, 1.54) is 4.90 Å². The van der Waals surface area contributed by atoms with E-state index in [2.05, 4.69) is 10.6 Å². The molecule has 2 aliphatic carbocycles. The molecule has 4 atom stereocenters. The standard InChI is InChI=1S/C26H36F3N5O4/c1-23(2,3)18(32-22(38)26(27,28)29)21(37)34-14-24(6-4-5-7-24)12-17(34)20(36)31-16(13-30)10-15-11-25(8-9-25)33-19(15)35/h15-18H,4-12,14H2,1-3H3,(H,31,36)(H,32,38)(H,33,35). The number of carbonyl (C=O) groups excluding carboxylic acids is 4. The molecule has 4 fully saturated rings. The van der Waals surface area contributed by atoms with Crippen molar-refractivity contribution in [1.29, 1.82) is 5.26 Å². The Hall–Kier alpha value is -2.84. The van der Waals surface area contributed by atoms with Crippen LogP contribution in [0.2, 0.25) is 0 Å². The second-order valence-electron chi connectivity index (χ2n) is 12.8. The summed E-state index contributed by atoms with van der Waals surface area (Å²) in [6, 6.07) is -1.40. The van der Waals surface area contributed by atoms with Crippen LogP contribution in [0.15, 0.2) is 0 Å². The summed E-state index contributed by atoms with van der Waals surface area (Å²) in [6.45, 7) is 4.85. The molecule has 2 saturated heterocycles. The first kappa shape index (κ1) is 28.2. The van der Waals surface area contributed by atoms with E-state index in [0.29, 0.717) is 12.8 Å². The van der Waals surface area contributed by atoms with E-state index < -0.39 is 53.4 Å². The van der Waals surface area contributed by atoms with Crippen LogP contribution in [0.5, 0.6) is 0 Å². The van der Waals surface area contributed by atoms with Crippen molar-refractivity contribution < 1.29 is 32.3 Å². The lowest BCUT2D eigenvalue weighted by Gasteiger charge is -2.36. The number of nitriles is 1. The van der Waals surface area contributed by atoms with Gasteiger partial charge in [0, 0.05) is 18.0 Å². The number of amides is 4. The molecular formula is C26H36F3N5O4. The minimum atomic E-state index is -5.16. The maximum Gasteiger partial charge on any atom is 0.471 e. The molecule has 0 bridgehead atoms. The maximum atomic E-state index is 13.7. The first-order chi connectivity index (χ1) is 17.6. The number of alkyl halides is 3. The van der Waals surface area contributed by atoms with Crippen LogP contribution >= 0.6 is 0 Å². The van der Waals surface area contributed by atoms with Gasteiger partial charge in [-0.05, 0) is 55.8 Å². The van der Waals surface area contributed by atoms with Gasteiger partial charge in [-0.15, -0.1) is 0 Å². The molecule has 0 aromatic heterocycles. The third-order valence-electron chi connectivity index (χ3n) is 8.65. The lowest BCUT2D eigenvalue weighted by Crippen LogP contribution is -2.59. The fourth-order valence-electron chi connectivity index (χ4n) is 6.38. The SMILES string of the molecule is CC(C)(C)C(NC(=O)C(F)(F)F)C(=O)N1CC2(CCCC2)CC1C(=O)NC(C#N)CC1CC2(CC2)NC1=O. The minimum absolute atomic E-state index is 0.131. The van der Waals surface area contributed by atoms with Crippen molar-refractivity contribution in [2.45, 2.75) is 108 Å². The van der Waals surface area contributed by atoms with Crippen LogP contribution in [0, 0.1) is 28.1 Å². The van der Waals surface area contributed by atoms with Gasteiger partial charge in [0.1, 0.15) is 18.1 Å². The molecule has 12 heteroatoms. The Morgan fingerprint density at radius 1 is 1.11 bits per heavy atom. The van der Waals surface area contributed by atoms with Gasteiger partial charge in [-0.1, -0.05) is 33.6 Å². The fourth-order valence-corrected chi connectivity index (χ4v) is 6.38. The first-order valence-electron chi connectivity index (χ1n) is 13.3. The van der Waals surface area contributed by atoms with Crippen LogP contribution in [0.3, 0.4) is 0 Å². The van der Waals surface area contributed by atoms with E-state index >= 15 is 0 Å². The highest BCUT2D eigenvalue weighted by atomic mass is 19.4. The summed E-state index contributed by atoms with van der Waals surface area (Å²) in [6.07, 6.45) is 1.14. The van der Waals surface area contributed by atoms with Crippen LogP contribution in [0.4, 0.5) is 13.2 Å². The number of halogens is 3. The lowest BCUT2D eigenvalue weighted by molar-refractivity contribution is -0.176. The number of carbonyl (C=O) groups is 4. The van der Waals surface area contributed by atoms with Crippen molar-refractivity contribution in [2.75, 3.05) is 6.54 Å². The molecule has 0 aromatic rings. The number of hydrogen-bond acceptors (Lipinski definition) is 5. The van der Waals surface area contributed by atoms with Crippen molar-refractivity contribution >= 4 is 23.6 Å². The third-order valence-corrected chi connectivity index (χ3v) is 8.65. The number of likely N-dealkylation sites (tertiary alicyclic amines) is 1. The molecule has 2 heterocycles. The molecular weight excluding hydrogens is 503 g/mol. The van der Waals surface area contributed by atoms with Crippen LogP contribution in [-0.4, -0.2) is 64.9 Å². The zero-order valence-electron chi connectivity index (χ0n) is 22.0. The summed E-state index contributed by atoms with van der Waals surface area (Å²) in [4.78, 5) is 52.6. The Kier molecular flexibility index (Phi) is 7.21. The van der Waals surface area contributed by atoms with Crippen LogP contribution in [0.1, 0.15) is 78.6 Å². The Bertz CT molecular complexity index is 1040. The molecule has 3 N–H and O–H groups in total. The van der Waals surface area contributed by atoms with Crippen molar-refractivity contribution in [1.82, 2.24) is 20.9 Å². The molecule has 4 amide bonds. The van der Waals surface area contributed by atoms with Crippen molar-refractivity contribution in [3.05, 3.63) is 0 Å². The van der Waals surface area contributed by atoms with Gasteiger partial charge in [0.15, 0.2) is 0 Å². The Morgan fingerprint density at radius 2 is 1.74 bits per heavy atom. The zero-order chi connectivity index (χ0) is 28.1. The van der Waals surface area contributed by atoms with Gasteiger partial charge in [0.2, 0.25) is 17.7 Å². The molecule has 4 rings (SSSR count). The van der Waals surface area contributed by atoms with Crippen molar-refractivity contribution in [2.24, 2.45) is 16.7 Å². The smallest absolute Gasteiger partial charge is 0.350 e. The summed E-state index contributed by atoms with van der Waals surface area (Å²) in [5.74, 6) is -4.06. The Labute approximate surface area is 220 Å². The van der Waals surface area contributed by atoms with Gasteiger partial charge >= 0.3 is 12.1 Å². The maximum absolute atomic E-state index is 13.7. The van der Waals surface area contributed by atoms with E-state index in [0.717, 1.165) is 38.5 Å². The Morgan fingerprint density at radius 3 is 2.24 bits per heavy atom. The predicted molar refractivity (Wildman–Crippen MR) is 129 cm³/mol. The molecule has 0 radical (unpaired) electrons. The highest BCUT2D eigenvalue weighted by molar-refractivity contribution is 5.94. The zero-order valence-corrected chi connectivity index (χ0v) is 22.0. The van der Waals surface area contributed by atoms with Gasteiger partial charge in [-0.25, -0.2) is 0 Å². The summed E-state index contributed by atoms with van der Waals surface area (Å²) >= 11 is 0. The average Bonchev–Trinajstić information content (AvgIpc) is 3.15. The quantitative estimate of drug-likeness (QED) is 0.477. The monoisotopic (exact) mass is 539 g/mol. The molecule has 38 heavy (non-hydrogen) atoms. The third kappa shape index (κ3) is 5.76. The molecule has 2 spiro atoms. The molecule has 2 saturated carbocycles. The highest BCUT2D eigenvalue weighted by Gasteiger charge is 2.54. The van der Waals surface area contributed by atoms with Crippen LogP contribution in [-0.2, 0) is 19.2 Å². The molecule has 4 aliphatic rings. The molecule has 4 unspecified atom stereocenters. The highest BCUT2D eigenvalue weighted by Crippen LogP contribution is 2.49. The molecule has 0 aromatic carbocycles. The summed E-state index contributed by atoms with van der Waals surface area (Å²) < 4.78 is 39.2. The molecule has 9 nitrogen and oxygen atoms in total. The van der Waals surface area contributed by atoms with E-state index in [1.807, 2.05) is 11.4 Å². The van der Waals surface area contributed by atoms with Gasteiger partial charge in [0.05, 0.1) is 6.07 Å².